The average molecular weight is 374 g/mol. The third kappa shape index (κ3) is 3.91. The lowest BCUT2D eigenvalue weighted by molar-refractivity contribution is 0.0933. The smallest absolute Gasteiger partial charge is 0.251 e. The minimum Gasteiger partial charge on any atom is -0.506 e. The Kier molecular flexibility index (Phi) is 4.85. The average Bonchev–Trinajstić information content (AvgIpc) is 2.69. The maximum atomic E-state index is 12.8. The summed E-state index contributed by atoms with van der Waals surface area (Å²) >= 11 is 0. The third-order valence-corrected chi connectivity index (χ3v) is 4.96. The molecule has 0 saturated heterocycles. The van der Waals surface area contributed by atoms with Gasteiger partial charge >= 0.3 is 0 Å². The van der Waals surface area contributed by atoms with E-state index in [0.717, 1.165) is 19.3 Å². The second-order valence-electron chi connectivity index (χ2n) is 6.99. The van der Waals surface area contributed by atoms with E-state index in [4.69, 9.17) is 5.73 Å². The fourth-order valence-corrected chi connectivity index (χ4v) is 3.55. The van der Waals surface area contributed by atoms with Crippen LogP contribution in [0.2, 0.25) is 0 Å². The Labute approximate surface area is 163 Å². The number of para-hydroxylation sites is 2. The first kappa shape index (κ1) is 17.9. The second-order valence-corrected chi connectivity index (χ2v) is 6.99. The number of aromatic hydroxyl groups is 1. The van der Waals surface area contributed by atoms with Crippen LogP contribution in [-0.4, -0.2) is 22.0 Å². The number of rotatable bonds is 4. The second kappa shape index (κ2) is 7.60. The fraction of sp³-hybridized carbons (Fsp3) is 0.182. The van der Waals surface area contributed by atoms with E-state index in [9.17, 15) is 9.90 Å². The number of amides is 1. The molecular weight excluding hydrogens is 352 g/mol. The van der Waals surface area contributed by atoms with Crippen molar-refractivity contribution in [1.82, 2.24) is 10.3 Å². The molecule has 1 aliphatic rings. The van der Waals surface area contributed by atoms with Gasteiger partial charge in [-0.15, -0.1) is 0 Å². The van der Waals surface area contributed by atoms with Gasteiger partial charge in [0.05, 0.1) is 5.69 Å². The van der Waals surface area contributed by atoms with Gasteiger partial charge in [-0.3, -0.25) is 4.79 Å². The molecule has 1 unspecified atom stereocenters. The maximum Gasteiger partial charge on any atom is 0.251 e. The molecule has 6 heteroatoms. The number of aromatic nitrogens is 1. The highest BCUT2D eigenvalue weighted by atomic mass is 16.3. The third-order valence-electron chi connectivity index (χ3n) is 4.96. The monoisotopic (exact) mass is 374 g/mol. The van der Waals surface area contributed by atoms with Gasteiger partial charge in [-0.05, 0) is 54.7 Å². The van der Waals surface area contributed by atoms with Gasteiger partial charge in [0, 0.05) is 11.6 Å². The van der Waals surface area contributed by atoms with Crippen molar-refractivity contribution >= 4 is 23.2 Å². The zero-order chi connectivity index (χ0) is 19.5. The summed E-state index contributed by atoms with van der Waals surface area (Å²) in [6.45, 7) is 0. The van der Waals surface area contributed by atoms with Gasteiger partial charge in [0.1, 0.15) is 17.4 Å². The maximum absolute atomic E-state index is 12.8. The molecule has 0 fully saturated rings. The van der Waals surface area contributed by atoms with Crippen LogP contribution in [0.4, 0.5) is 17.3 Å². The van der Waals surface area contributed by atoms with Crippen LogP contribution in [0.5, 0.6) is 5.75 Å². The minimum atomic E-state index is -0.182. The van der Waals surface area contributed by atoms with Gasteiger partial charge in [0.2, 0.25) is 0 Å². The van der Waals surface area contributed by atoms with Crippen molar-refractivity contribution in [3.63, 3.8) is 0 Å². The highest BCUT2D eigenvalue weighted by Crippen LogP contribution is 2.26. The summed E-state index contributed by atoms with van der Waals surface area (Å²) in [6, 6.07) is 18.4. The molecule has 3 aromatic rings. The summed E-state index contributed by atoms with van der Waals surface area (Å²) in [4.78, 5) is 17.0. The van der Waals surface area contributed by atoms with Crippen LogP contribution in [0.15, 0.2) is 60.7 Å². The van der Waals surface area contributed by atoms with Gasteiger partial charge < -0.3 is 21.5 Å². The van der Waals surface area contributed by atoms with Gasteiger partial charge in [-0.25, -0.2) is 4.98 Å². The number of fused-ring (bicyclic) bond motifs is 1. The number of phenolic OH excluding ortho intramolecular Hbond substituents is 1. The molecule has 0 saturated carbocycles. The van der Waals surface area contributed by atoms with Crippen molar-refractivity contribution in [3.8, 4) is 5.75 Å². The topological polar surface area (TPSA) is 100 Å². The Morgan fingerprint density at radius 2 is 1.82 bits per heavy atom. The minimum absolute atomic E-state index is 0.0892. The van der Waals surface area contributed by atoms with Crippen LogP contribution in [0.1, 0.15) is 27.9 Å². The molecule has 2 aromatic carbocycles. The van der Waals surface area contributed by atoms with Crippen LogP contribution in [-0.2, 0) is 12.8 Å². The number of nitrogen functional groups attached to an aromatic ring is 1. The van der Waals surface area contributed by atoms with E-state index in [1.165, 1.54) is 11.1 Å². The van der Waals surface area contributed by atoms with E-state index in [1.807, 2.05) is 6.07 Å². The SMILES string of the molecule is Nc1cc(C(=O)NC2CCc3ccccc3C2)cc(Nc2ccccc2O)n1. The number of nitrogens with two attached hydrogens (primary N) is 1. The Balaban J connectivity index is 1.49. The Morgan fingerprint density at radius 1 is 1.07 bits per heavy atom. The summed E-state index contributed by atoms with van der Waals surface area (Å²) in [5.41, 5.74) is 9.47. The molecule has 6 nitrogen and oxygen atoms in total. The molecule has 0 radical (unpaired) electrons. The number of carbonyl (C=O) groups is 1. The number of pyridine rings is 1. The molecule has 1 heterocycles. The number of aryl methyl sites for hydroxylation is 1. The molecule has 0 spiro atoms. The molecule has 28 heavy (non-hydrogen) atoms. The van der Waals surface area contributed by atoms with Crippen LogP contribution in [0.25, 0.3) is 0 Å². The number of carbonyl (C=O) groups excluding carboxylic acids is 1. The van der Waals surface area contributed by atoms with Gasteiger partial charge in [0.15, 0.2) is 0 Å². The predicted octanol–water partition coefficient (Wildman–Crippen LogP) is 3.40. The van der Waals surface area contributed by atoms with Crippen molar-refractivity contribution < 1.29 is 9.90 Å². The van der Waals surface area contributed by atoms with Crippen molar-refractivity contribution in [2.24, 2.45) is 0 Å². The number of hydrogen-bond acceptors (Lipinski definition) is 5. The van der Waals surface area contributed by atoms with Crippen LogP contribution >= 0.6 is 0 Å². The highest BCUT2D eigenvalue weighted by Gasteiger charge is 2.21. The van der Waals surface area contributed by atoms with Crippen molar-refractivity contribution in [3.05, 3.63) is 77.4 Å². The zero-order valence-corrected chi connectivity index (χ0v) is 15.4. The summed E-state index contributed by atoms with van der Waals surface area (Å²) in [5, 5.41) is 16.0. The van der Waals surface area contributed by atoms with Gasteiger partial charge in [-0.1, -0.05) is 36.4 Å². The highest BCUT2D eigenvalue weighted by molar-refractivity contribution is 5.96. The molecule has 0 aliphatic heterocycles. The molecule has 1 amide bonds. The molecule has 4 rings (SSSR count). The number of hydrogen-bond donors (Lipinski definition) is 4. The molecule has 142 valence electrons. The lowest BCUT2D eigenvalue weighted by Crippen LogP contribution is -2.38. The van der Waals surface area contributed by atoms with E-state index in [2.05, 4.69) is 33.8 Å². The lowest BCUT2D eigenvalue weighted by atomic mass is 9.88. The number of anilines is 3. The quantitative estimate of drug-likeness (QED) is 0.525. The predicted molar refractivity (Wildman–Crippen MR) is 110 cm³/mol. The first-order valence-electron chi connectivity index (χ1n) is 9.29. The van der Waals surface area contributed by atoms with Crippen molar-refractivity contribution in [1.29, 1.82) is 0 Å². The summed E-state index contributed by atoms with van der Waals surface area (Å²) < 4.78 is 0. The first-order valence-corrected chi connectivity index (χ1v) is 9.29. The van der Waals surface area contributed by atoms with Gasteiger partial charge in [0.25, 0.3) is 5.91 Å². The normalized spacial score (nSPS) is 15.5. The lowest BCUT2D eigenvalue weighted by Gasteiger charge is -2.25. The molecule has 1 atom stereocenters. The Bertz CT molecular complexity index is 1020. The number of benzene rings is 2. The fourth-order valence-electron chi connectivity index (χ4n) is 3.55. The van der Waals surface area contributed by atoms with E-state index >= 15 is 0 Å². The summed E-state index contributed by atoms with van der Waals surface area (Å²) in [6.07, 6.45) is 2.69. The number of nitrogens with one attached hydrogen (secondary N) is 2. The summed E-state index contributed by atoms with van der Waals surface area (Å²) in [7, 11) is 0. The van der Waals surface area contributed by atoms with Crippen molar-refractivity contribution in [2.75, 3.05) is 11.1 Å². The van der Waals surface area contributed by atoms with E-state index in [-0.39, 0.29) is 23.5 Å². The molecule has 1 aromatic heterocycles. The largest absolute Gasteiger partial charge is 0.506 e. The Morgan fingerprint density at radius 3 is 2.64 bits per heavy atom. The number of nitrogens with zero attached hydrogens (tertiary/aromatic N) is 1. The Hall–Kier alpha value is -3.54. The van der Waals surface area contributed by atoms with E-state index in [0.29, 0.717) is 17.1 Å². The molecule has 5 N–H and O–H groups in total. The van der Waals surface area contributed by atoms with Crippen LogP contribution < -0.4 is 16.4 Å². The van der Waals surface area contributed by atoms with E-state index in [1.54, 1.807) is 36.4 Å². The van der Waals surface area contributed by atoms with Gasteiger partial charge in [-0.2, -0.15) is 0 Å². The van der Waals surface area contributed by atoms with Crippen molar-refractivity contribution in [2.45, 2.75) is 25.3 Å². The first-order chi connectivity index (χ1) is 13.6. The van der Waals surface area contributed by atoms with Crippen LogP contribution in [0.3, 0.4) is 0 Å². The standard InChI is InChI=1S/C22H22N4O2/c23-20-12-16(13-21(26-20)25-18-7-3-4-8-19(18)27)22(28)24-17-10-9-14-5-1-2-6-15(14)11-17/h1-8,12-13,17,27H,9-11H2,(H,24,28)(H3,23,25,26). The summed E-state index contributed by atoms with van der Waals surface area (Å²) in [5.74, 6) is 0.553. The molecular formula is C22H22N4O2. The molecule has 0 bridgehead atoms. The van der Waals surface area contributed by atoms with E-state index < -0.39 is 0 Å². The molecule has 1 aliphatic carbocycles. The van der Waals surface area contributed by atoms with Crippen LogP contribution in [0, 0.1) is 0 Å². The number of phenols is 1. The zero-order valence-electron chi connectivity index (χ0n) is 15.4.